The monoisotopic (exact) mass is 198 g/mol. The van der Waals surface area contributed by atoms with Gasteiger partial charge in [0.2, 0.25) is 0 Å². The molecule has 1 rings (SSSR count). The van der Waals surface area contributed by atoms with Crippen molar-refractivity contribution in [3.63, 3.8) is 0 Å². The molecule has 0 saturated heterocycles. The van der Waals surface area contributed by atoms with Crippen molar-refractivity contribution in [2.45, 2.75) is 52.4 Å². The molecule has 0 bridgehead atoms. The van der Waals surface area contributed by atoms with Crippen molar-refractivity contribution in [2.75, 3.05) is 6.61 Å². The van der Waals surface area contributed by atoms with Crippen molar-refractivity contribution in [1.29, 1.82) is 0 Å². The Labute approximate surface area is 87.0 Å². The molecule has 1 fully saturated rings. The number of hydrogen-bond acceptors (Lipinski definition) is 2. The number of ether oxygens (including phenoxy) is 1. The van der Waals surface area contributed by atoms with Crippen LogP contribution in [0.5, 0.6) is 0 Å². The first kappa shape index (κ1) is 11.5. The summed E-state index contributed by atoms with van der Waals surface area (Å²) in [5.41, 5.74) is 0. The van der Waals surface area contributed by atoms with Gasteiger partial charge in [-0.05, 0) is 25.2 Å². The Bertz CT molecular complexity index is 171. The molecular formula is C12H22O2. The Kier molecular flexibility index (Phi) is 4.99. The molecule has 2 heteroatoms. The third-order valence-electron chi connectivity index (χ3n) is 3.18. The van der Waals surface area contributed by atoms with Crippen LogP contribution in [0.3, 0.4) is 0 Å². The molecule has 1 aliphatic rings. The first-order chi connectivity index (χ1) is 6.75. The number of carbonyl (C=O) groups excluding carboxylic acids is 1. The highest BCUT2D eigenvalue weighted by atomic mass is 16.5. The van der Waals surface area contributed by atoms with Gasteiger partial charge in [-0.2, -0.15) is 0 Å². The van der Waals surface area contributed by atoms with Gasteiger partial charge in [0.25, 0.3) is 0 Å². The maximum Gasteiger partial charge on any atom is 0.308 e. The average molecular weight is 198 g/mol. The fraction of sp³-hybridized carbons (Fsp3) is 0.917. The molecule has 0 aromatic rings. The zero-order valence-corrected chi connectivity index (χ0v) is 9.42. The lowest BCUT2D eigenvalue weighted by Crippen LogP contribution is -2.25. The minimum atomic E-state index is 0.0127. The topological polar surface area (TPSA) is 26.3 Å². The van der Waals surface area contributed by atoms with E-state index in [9.17, 15) is 4.79 Å². The van der Waals surface area contributed by atoms with Crippen LogP contribution in [-0.2, 0) is 9.53 Å². The molecule has 0 aromatic carbocycles. The minimum Gasteiger partial charge on any atom is -0.465 e. The van der Waals surface area contributed by atoms with E-state index in [4.69, 9.17) is 4.74 Å². The van der Waals surface area contributed by atoms with Gasteiger partial charge in [0, 0.05) is 0 Å². The second-order valence-electron chi connectivity index (χ2n) is 4.35. The Hall–Kier alpha value is -0.530. The van der Waals surface area contributed by atoms with Gasteiger partial charge in [-0.25, -0.2) is 0 Å². The van der Waals surface area contributed by atoms with Crippen LogP contribution < -0.4 is 0 Å². The fourth-order valence-electron chi connectivity index (χ4n) is 2.16. The third kappa shape index (κ3) is 3.32. The molecule has 2 nitrogen and oxygen atoms in total. The molecule has 0 amide bonds. The second-order valence-corrected chi connectivity index (χ2v) is 4.35. The standard InChI is InChI=1S/C12H22O2/c1-3-9-14-12(13)10(2)11-7-5-4-6-8-11/h10-11H,3-9H2,1-2H3. The lowest BCUT2D eigenvalue weighted by Gasteiger charge is -2.26. The molecule has 0 spiro atoms. The number of esters is 1. The Morgan fingerprint density at radius 2 is 2.00 bits per heavy atom. The summed E-state index contributed by atoms with van der Waals surface area (Å²) >= 11 is 0. The van der Waals surface area contributed by atoms with E-state index in [2.05, 4.69) is 0 Å². The summed E-state index contributed by atoms with van der Waals surface area (Å²) in [6.07, 6.45) is 7.26. The molecule has 0 heterocycles. The van der Waals surface area contributed by atoms with Crippen LogP contribution in [0.15, 0.2) is 0 Å². The molecule has 0 aliphatic heterocycles. The van der Waals surface area contributed by atoms with E-state index in [0.717, 1.165) is 6.42 Å². The van der Waals surface area contributed by atoms with Crippen molar-refractivity contribution < 1.29 is 9.53 Å². The van der Waals surface area contributed by atoms with Gasteiger partial charge in [-0.1, -0.05) is 33.1 Å². The molecule has 0 aromatic heterocycles. The van der Waals surface area contributed by atoms with Gasteiger partial charge >= 0.3 is 5.97 Å². The van der Waals surface area contributed by atoms with Crippen molar-refractivity contribution in [3.8, 4) is 0 Å². The van der Waals surface area contributed by atoms with Crippen LogP contribution in [0.2, 0.25) is 0 Å². The SMILES string of the molecule is CCCOC(=O)C(C)C1CCCCC1. The summed E-state index contributed by atoms with van der Waals surface area (Å²) in [6.45, 7) is 4.63. The molecular weight excluding hydrogens is 176 g/mol. The van der Waals surface area contributed by atoms with E-state index in [1.54, 1.807) is 0 Å². The maximum atomic E-state index is 11.6. The maximum absolute atomic E-state index is 11.6. The van der Waals surface area contributed by atoms with E-state index in [1.807, 2.05) is 13.8 Å². The highest BCUT2D eigenvalue weighted by Crippen LogP contribution is 2.30. The van der Waals surface area contributed by atoms with Crippen LogP contribution in [0, 0.1) is 11.8 Å². The predicted octanol–water partition coefficient (Wildman–Crippen LogP) is 3.16. The predicted molar refractivity (Wildman–Crippen MR) is 57.0 cm³/mol. The molecule has 82 valence electrons. The highest BCUT2D eigenvalue weighted by molar-refractivity contribution is 5.72. The van der Waals surface area contributed by atoms with E-state index in [-0.39, 0.29) is 11.9 Å². The summed E-state index contributed by atoms with van der Waals surface area (Å²) in [5, 5.41) is 0. The molecule has 14 heavy (non-hydrogen) atoms. The Morgan fingerprint density at radius 3 is 2.57 bits per heavy atom. The molecule has 1 unspecified atom stereocenters. The lowest BCUT2D eigenvalue weighted by atomic mass is 9.81. The second kappa shape index (κ2) is 6.05. The third-order valence-corrected chi connectivity index (χ3v) is 3.18. The smallest absolute Gasteiger partial charge is 0.308 e. The summed E-state index contributed by atoms with van der Waals surface area (Å²) in [7, 11) is 0. The zero-order valence-electron chi connectivity index (χ0n) is 9.42. The first-order valence-electron chi connectivity index (χ1n) is 5.92. The number of hydrogen-bond donors (Lipinski definition) is 0. The van der Waals surface area contributed by atoms with Gasteiger partial charge in [0.1, 0.15) is 0 Å². The van der Waals surface area contributed by atoms with Crippen LogP contribution in [0.1, 0.15) is 52.4 Å². The van der Waals surface area contributed by atoms with Crippen molar-refractivity contribution in [2.24, 2.45) is 11.8 Å². The van der Waals surface area contributed by atoms with E-state index in [0.29, 0.717) is 12.5 Å². The van der Waals surface area contributed by atoms with Crippen LogP contribution in [0.25, 0.3) is 0 Å². The van der Waals surface area contributed by atoms with Gasteiger partial charge in [-0.15, -0.1) is 0 Å². The van der Waals surface area contributed by atoms with Gasteiger partial charge in [-0.3, -0.25) is 4.79 Å². The average Bonchev–Trinajstić information content (AvgIpc) is 2.26. The normalized spacial score (nSPS) is 20.4. The number of carbonyl (C=O) groups is 1. The molecule has 1 atom stereocenters. The quantitative estimate of drug-likeness (QED) is 0.649. The van der Waals surface area contributed by atoms with E-state index >= 15 is 0 Å². The summed E-state index contributed by atoms with van der Waals surface area (Å²) < 4.78 is 5.17. The van der Waals surface area contributed by atoms with Crippen molar-refractivity contribution in [3.05, 3.63) is 0 Å². The summed E-state index contributed by atoms with van der Waals surface area (Å²) in [6, 6.07) is 0. The van der Waals surface area contributed by atoms with Gasteiger partial charge in [0.05, 0.1) is 12.5 Å². The van der Waals surface area contributed by atoms with Crippen LogP contribution in [0.4, 0.5) is 0 Å². The minimum absolute atomic E-state index is 0.0127. The summed E-state index contributed by atoms with van der Waals surface area (Å²) in [4.78, 5) is 11.6. The largest absolute Gasteiger partial charge is 0.465 e. The van der Waals surface area contributed by atoms with Crippen LogP contribution in [-0.4, -0.2) is 12.6 Å². The van der Waals surface area contributed by atoms with Gasteiger partial charge in [0.15, 0.2) is 0 Å². The number of rotatable bonds is 4. The zero-order chi connectivity index (χ0) is 10.4. The van der Waals surface area contributed by atoms with Crippen molar-refractivity contribution >= 4 is 5.97 Å². The molecule has 1 saturated carbocycles. The molecule has 1 aliphatic carbocycles. The Morgan fingerprint density at radius 1 is 1.36 bits per heavy atom. The Balaban J connectivity index is 2.30. The fourth-order valence-corrected chi connectivity index (χ4v) is 2.16. The van der Waals surface area contributed by atoms with Gasteiger partial charge < -0.3 is 4.74 Å². The van der Waals surface area contributed by atoms with E-state index < -0.39 is 0 Å². The lowest BCUT2D eigenvalue weighted by molar-refractivity contribution is -0.150. The molecule has 0 N–H and O–H groups in total. The van der Waals surface area contributed by atoms with Crippen molar-refractivity contribution in [1.82, 2.24) is 0 Å². The van der Waals surface area contributed by atoms with Crippen LogP contribution >= 0.6 is 0 Å². The molecule has 0 radical (unpaired) electrons. The summed E-state index contributed by atoms with van der Waals surface area (Å²) in [5.74, 6) is 0.703. The van der Waals surface area contributed by atoms with E-state index in [1.165, 1.54) is 32.1 Å². The first-order valence-corrected chi connectivity index (χ1v) is 5.92. The highest BCUT2D eigenvalue weighted by Gasteiger charge is 2.26.